The van der Waals surface area contributed by atoms with Gasteiger partial charge in [-0.3, -0.25) is 5.43 Å². The number of nitrogens with one attached hydrogen (secondary N) is 1. The van der Waals surface area contributed by atoms with Crippen LogP contribution in [-0.2, 0) is 0 Å². The zero-order chi connectivity index (χ0) is 16.9. The molecule has 3 rings (SSSR count). The van der Waals surface area contributed by atoms with E-state index in [-0.39, 0.29) is 0 Å². The summed E-state index contributed by atoms with van der Waals surface area (Å²) in [6.45, 7) is 4.02. The summed E-state index contributed by atoms with van der Waals surface area (Å²) >= 11 is 1.60. The highest BCUT2D eigenvalue weighted by atomic mass is 32.1. The van der Waals surface area contributed by atoms with Gasteiger partial charge >= 0.3 is 0 Å². The van der Waals surface area contributed by atoms with Crippen LogP contribution in [0, 0.1) is 6.92 Å². The first kappa shape index (κ1) is 16.2. The first-order valence-corrected chi connectivity index (χ1v) is 8.47. The Kier molecular flexibility index (Phi) is 4.91. The number of hydrazone groups is 1. The third kappa shape index (κ3) is 3.46. The van der Waals surface area contributed by atoms with Crippen LogP contribution in [0.3, 0.4) is 0 Å². The number of thiazole rings is 1. The summed E-state index contributed by atoms with van der Waals surface area (Å²) in [5, 5.41) is 5.23. The molecule has 0 bridgehead atoms. The minimum Gasteiger partial charge on any atom is -0.496 e. The average Bonchev–Trinajstić information content (AvgIpc) is 3.01. The van der Waals surface area contributed by atoms with Gasteiger partial charge in [-0.1, -0.05) is 42.5 Å². The van der Waals surface area contributed by atoms with Crippen molar-refractivity contribution in [1.29, 1.82) is 0 Å². The Labute approximate surface area is 145 Å². The van der Waals surface area contributed by atoms with Gasteiger partial charge < -0.3 is 4.74 Å². The van der Waals surface area contributed by atoms with Gasteiger partial charge in [0, 0.05) is 16.0 Å². The standard InChI is InChI=1S/C19H19N3OS/c1-13(16-11-7-8-12-17(16)23-3)21-22-19-20-18(14(2)24-19)15-9-5-4-6-10-15/h4-12H,1-3H3,(H,20,22)/b21-13-. The second-order valence-electron chi connectivity index (χ2n) is 5.30. The fourth-order valence-electron chi connectivity index (χ4n) is 2.44. The van der Waals surface area contributed by atoms with Crippen molar-refractivity contribution in [3.8, 4) is 17.0 Å². The van der Waals surface area contributed by atoms with Crippen LogP contribution >= 0.6 is 11.3 Å². The molecule has 24 heavy (non-hydrogen) atoms. The lowest BCUT2D eigenvalue weighted by molar-refractivity contribution is 0.414. The molecular formula is C19H19N3OS. The molecule has 0 amide bonds. The van der Waals surface area contributed by atoms with Crippen LogP contribution < -0.4 is 10.2 Å². The van der Waals surface area contributed by atoms with Crippen molar-refractivity contribution < 1.29 is 4.74 Å². The molecule has 1 heterocycles. The first-order chi connectivity index (χ1) is 11.7. The minimum atomic E-state index is 0.778. The molecule has 5 heteroatoms. The maximum absolute atomic E-state index is 5.38. The van der Waals surface area contributed by atoms with Gasteiger partial charge in [0.2, 0.25) is 5.13 Å². The Morgan fingerprint density at radius 3 is 2.54 bits per heavy atom. The van der Waals surface area contributed by atoms with Gasteiger partial charge in [0.1, 0.15) is 5.75 Å². The largest absolute Gasteiger partial charge is 0.496 e. The van der Waals surface area contributed by atoms with Gasteiger partial charge in [-0.25, -0.2) is 4.98 Å². The van der Waals surface area contributed by atoms with Gasteiger partial charge in [0.25, 0.3) is 0 Å². The summed E-state index contributed by atoms with van der Waals surface area (Å²) in [6, 6.07) is 18.0. The van der Waals surface area contributed by atoms with Crippen LogP contribution in [0.15, 0.2) is 59.7 Å². The van der Waals surface area contributed by atoms with E-state index in [1.54, 1.807) is 18.4 Å². The van der Waals surface area contributed by atoms with Gasteiger partial charge in [-0.15, -0.1) is 11.3 Å². The van der Waals surface area contributed by atoms with E-state index in [2.05, 4.69) is 34.6 Å². The molecule has 0 saturated carbocycles. The molecule has 0 aliphatic heterocycles. The van der Waals surface area contributed by atoms with Crippen molar-refractivity contribution in [2.24, 2.45) is 5.10 Å². The summed E-state index contributed by atoms with van der Waals surface area (Å²) in [5.74, 6) is 0.806. The Hall–Kier alpha value is -2.66. The Bertz CT molecular complexity index is 856. The number of ether oxygens (including phenoxy) is 1. The van der Waals surface area contributed by atoms with Crippen molar-refractivity contribution in [2.45, 2.75) is 13.8 Å². The second-order valence-corrected chi connectivity index (χ2v) is 6.50. The Balaban J connectivity index is 1.82. The molecule has 0 radical (unpaired) electrons. The van der Waals surface area contributed by atoms with Crippen LogP contribution in [0.5, 0.6) is 5.75 Å². The molecule has 0 fully saturated rings. The lowest BCUT2D eigenvalue weighted by Crippen LogP contribution is -2.02. The fourth-order valence-corrected chi connectivity index (χ4v) is 3.22. The summed E-state index contributed by atoms with van der Waals surface area (Å²) in [5.41, 5.74) is 6.99. The van der Waals surface area contributed by atoms with E-state index >= 15 is 0 Å². The normalized spacial score (nSPS) is 11.4. The van der Waals surface area contributed by atoms with Crippen LogP contribution in [0.2, 0.25) is 0 Å². The highest BCUT2D eigenvalue weighted by Gasteiger charge is 2.10. The van der Waals surface area contributed by atoms with Crippen molar-refractivity contribution in [3.05, 3.63) is 65.0 Å². The number of aromatic nitrogens is 1. The van der Waals surface area contributed by atoms with Crippen LogP contribution in [0.1, 0.15) is 17.4 Å². The highest BCUT2D eigenvalue weighted by Crippen LogP contribution is 2.30. The molecule has 0 unspecified atom stereocenters. The van der Waals surface area contributed by atoms with E-state index < -0.39 is 0 Å². The molecule has 122 valence electrons. The van der Waals surface area contributed by atoms with Crippen molar-refractivity contribution in [3.63, 3.8) is 0 Å². The molecule has 0 spiro atoms. The molecule has 0 atom stereocenters. The first-order valence-electron chi connectivity index (χ1n) is 7.65. The fraction of sp³-hybridized carbons (Fsp3) is 0.158. The van der Waals surface area contributed by atoms with Crippen molar-refractivity contribution in [2.75, 3.05) is 12.5 Å². The molecule has 2 aromatic carbocycles. The number of para-hydroxylation sites is 1. The number of nitrogens with zero attached hydrogens (tertiary/aromatic N) is 2. The molecule has 1 aromatic heterocycles. The smallest absolute Gasteiger partial charge is 0.204 e. The quantitative estimate of drug-likeness (QED) is 0.528. The summed E-state index contributed by atoms with van der Waals surface area (Å²) in [4.78, 5) is 5.82. The van der Waals surface area contributed by atoms with Crippen molar-refractivity contribution >= 4 is 22.2 Å². The molecule has 3 aromatic rings. The molecule has 1 N–H and O–H groups in total. The number of benzene rings is 2. The molecule has 0 saturated heterocycles. The Morgan fingerprint density at radius 1 is 1.08 bits per heavy atom. The van der Waals surface area contributed by atoms with E-state index in [1.807, 2.05) is 49.4 Å². The van der Waals surface area contributed by atoms with Gasteiger partial charge in [0.05, 0.1) is 18.5 Å². The van der Waals surface area contributed by atoms with Crippen LogP contribution in [0.4, 0.5) is 5.13 Å². The van der Waals surface area contributed by atoms with Crippen LogP contribution in [0.25, 0.3) is 11.3 Å². The topological polar surface area (TPSA) is 46.5 Å². The summed E-state index contributed by atoms with van der Waals surface area (Å²) in [7, 11) is 1.66. The molecule has 0 aliphatic rings. The predicted octanol–water partition coefficient (Wildman–Crippen LogP) is 4.96. The van der Waals surface area contributed by atoms with Gasteiger partial charge in [-0.05, 0) is 26.0 Å². The number of hydrogen-bond acceptors (Lipinski definition) is 5. The predicted molar refractivity (Wildman–Crippen MR) is 101 cm³/mol. The average molecular weight is 337 g/mol. The highest BCUT2D eigenvalue weighted by molar-refractivity contribution is 7.16. The molecular weight excluding hydrogens is 318 g/mol. The van der Waals surface area contributed by atoms with Gasteiger partial charge in [0.15, 0.2) is 0 Å². The Morgan fingerprint density at radius 2 is 1.79 bits per heavy atom. The van der Waals surface area contributed by atoms with Crippen molar-refractivity contribution in [1.82, 2.24) is 4.98 Å². The van der Waals surface area contributed by atoms with E-state index in [1.165, 1.54) is 0 Å². The lowest BCUT2D eigenvalue weighted by Gasteiger charge is -2.07. The second kappa shape index (κ2) is 7.27. The number of methoxy groups -OCH3 is 1. The maximum Gasteiger partial charge on any atom is 0.204 e. The van der Waals surface area contributed by atoms with E-state index in [4.69, 9.17) is 4.74 Å². The third-order valence-corrected chi connectivity index (χ3v) is 4.54. The number of hydrogen-bond donors (Lipinski definition) is 1. The summed E-state index contributed by atoms with van der Waals surface area (Å²) in [6.07, 6.45) is 0. The minimum absolute atomic E-state index is 0.778. The number of aryl methyl sites for hydroxylation is 1. The zero-order valence-electron chi connectivity index (χ0n) is 13.9. The number of anilines is 1. The molecule has 4 nitrogen and oxygen atoms in total. The monoisotopic (exact) mass is 337 g/mol. The lowest BCUT2D eigenvalue weighted by atomic mass is 10.1. The number of rotatable bonds is 5. The van der Waals surface area contributed by atoms with Crippen LogP contribution in [-0.4, -0.2) is 17.8 Å². The maximum atomic E-state index is 5.38. The van der Waals surface area contributed by atoms with E-state index in [0.717, 1.165) is 38.3 Å². The zero-order valence-corrected chi connectivity index (χ0v) is 14.7. The summed E-state index contributed by atoms with van der Waals surface area (Å²) < 4.78 is 5.38. The molecule has 0 aliphatic carbocycles. The SMILES string of the molecule is COc1ccccc1/C(C)=N\Nc1nc(-c2ccccc2)c(C)s1. The van der Waals surface area contributed by atoms with Gasteiger partial charge in [-0.2, -0.15) is 5.10 Å². The van der Waals surface area contributed by atoms with E-state index in [9.17, 15) is 0 Å². The third-order valence-electron chi connectivity index (χ3n) is 3.66. The van der Waals surface area contributed by atoms with E-state index in [0.29, 0.717) is 0 Å².